The van der Waals surface area contributed by atoms with E-state index in [1.54, 1.807) is 0 Å². The van der Waals surface area contributed by atoms with E-state index in [-0.39, 0.29) is 17.7 Å². The normalized spacial score (nSPS) is 17.7. The summed E-state index contributed by atoms with van der Waals surface area (Å²) in [5.41, 5.74) is 2.32. The van der Waals surface area contributed by atoms with Gasteiger partial charge in [-0.25, -0.2) is 0 Å². The smallest absolute Gasteiger partial charge is 0.231 e. The highest BCUT2D eigenvalue weighted by molar-refractivity contribution is 5.84. The molecule has 0 saturated carbocycles. The van der Waals surface area contributed by atoms with Crippen molar-refractivity contribution in [3.05, 3.63) is 47.7 Å². The number of nitrogens with one attached hydrogen (secondary N) is 1. The van der Waals surface area contributed by atoms with Gasteiger partial charge < -0.3 is 14.4 Å². The summed E-state index contributed by atoms with van der Waals surface area (Å²) in [6, 6.07) is 8.21. The van der Waals surface area contributed by atoms with Gasteiger partial charge in [0, 0.05) is 42.5 Å². The van der Waals surface area contributed by atoms with Crippen molar-refractivity contribution in [3.8, 4) is 0 Å². The van der Waals surface area contributed by atoms with Crippen LogP contribution in [0.4, 0.5) is 0 Å². The number of para-hydroxylation sites is 1. The monoisotopic (exact) mass is 366 g/mol. The van der Waals surface area contributed by atoms with E-state index in [0.29, 0.717) is 18.9 Å². The minimum atomic E-state index is 0.149. The lowest BCUT2D eigenvalue weighted by Crippen LogP contribution is -2.39. The quantitative estimate of drug-likeness (QED) is 0.740. The Bertz CT molecular complexity index is 927. The molecule has 0 radical (unpaired) electrons. The molecule has 1 aliphatic heterocycles. The minimum Gasteiger partial charge on any atom is -0.361 e. The molecular weight excluding hydrogens is 340 g/mol. The molecule has 1 atom stereocenters. The zero-order chi connectivity index (χ0) is 18.8. The number of carbonyl (C=O) groups is 1. The molecule has 1 amide bonds. The van der Waals surface area contributed by atoms with Gasteiger partial charge in [0.05, 0.1) is 5.92 Å². The average molecular weight is 366 g/mol. The van der Waals surface area contributed by atoms with Crippen molar-refractivity contribution in [2.75, 3.05) is 13.1 Å². The van der Waals surface area contributed by atoms with Crippen LogP contribution >= 0.6 is 0 Å². The first-order valence-corrected chi connectivity index (χ1v) is 9.78. The highest BCUT2D eigenvalue weighted by Gasteiger charge is 2.28. The van der Waals surface area contributed by atoms with E-state index in [1.165, 1.54) is 10.9 Å². The number of fused-ring (bicyclic) bond motifs is 1. The second-order valence-electron chi connectivity index (χ2n) is 7.68. The standard InChI is InChI=1S/C21H26N4O2/c1-14(2)20-23-21(27-24-20)16-6-5-11-25(13-16)19(26)10-9-15-12-22-18-8-4-3-7-17(15)18/h3-4,7-8,12,14,16,22H,5-6,9-11,13H2,1-2H3/t16-/m1/s1. The van der Waals surface area contributed by atoms with E-state index in [4.69, 9.17) is 4.52 Å². The molecule has 1 saturated heterocycles. The number of likely N-dealkylation sites (tertiary alicyclic amines) is 1. The van der Waals surface area contributed by atoms with Crippen molar-refractivity contribution in [3.63, 3.8) is 0 Å². The zero-order valence-corrected chi connectivity index (χ0v) is 15.9. The SMILES string of the molecule is CC(C)c1noc([C@@H]2CCCN(C(=O)CCc3c[nH]c4ccccc34)C2)n1. The van der Waals surface area contributed by atoms with Gasteiger partial charge in [-0.1, -0.05) is 37.2 Å². The summed E-state index contributed by atoms with van der Waals surface area (Å²) in [5, 5.41) is 5.27. The highest BCUT2D eigenvalue weighted by atomic mass is 16.5. The van der Waals surface area contributed by atoms with E-state index in [2.05, 4.69) is 41.1 Å². The Balaban J connectivity index is 1.38. The van der Waals surface area contributed by atoms with Gasteiger partial charge in [0.15, 0.2) is 5.82 Å². The average Bonchev–Trinajstić information content (AvgIpc) is 3.34. The number of piperidine rings is 1. The number of nitrogens with zero attached hydrogens (tertiary/aromatic N) is 3. The molecule has 4 rings (SSSR count). The molecule has 1 aromatic carbocycles. The maximum Gasteiger partial charge on any atom is 0.231 e. The van der Waals surface area contributed by atoms with Crippen molar-refractivity contribution in [2.24, 2.45) is 0 Å². The van der Waals surface area contributed by atoms with Crippen LogP contribution in [0.15, 0.2) is 35.0 Å². The van der Waals surface area contributed by atoms with E-state index in [1.807, 2.05) is 23.2 Å². The number of aromatic nitrogens is 3. The van der Waals surface area contributed by atoms with E-state index < -0.39 is 0 Å². The number of amides is 1. The summed E-state index contributed by atoms with van der Waals surface area (Å²) in [7, 11) is 0. The molecule has 27 heavy (non-hydrogen) atoms. The number of aromatic amines is 1. The first kappa shape index (κ1) is 17.8. The van der Waals surface area contributed by atoms with Crippen LogP contribution in [0, 0.1) is 0 Å². The second kappa shape index (κ2) is 7.55. The second-order valence-corrected chi connectivity index (χ2v) is 7.68. The third-order valence-electron chi connectivity index (χ3n) is 5.38. The largest absolute Gasteiger partial charge is 0.361 e. The van der Waals surface area contributed by atoms with Crippen molar-refractivity contribution >= 4 is 16.8 Å². The molecule has 3 aromatic rings. The minimum absolute atomic E-state index is 0.149. The molecule has 1 aliphatic rings. The Morgan fingerprint density at radius 3 is 3.04 bits per heavy atom. The van der Waals surface area contributed by atoms with Crippen LogP contribution in [-0.4, -0.2) is 39.0 Å². The van der Waals surface area contributed by atoms with Gasteiger partial charge in [0.25, 0.3) is 0 Å². The lowest BCUT2D eigenvalue weighted by molar-refractivity contribution is -0.132. The van der Waals surface area contributed by atoms with Crippen LogP contribution < -0.4 is 0 Å². The van der Waals surface area contributed by atoms with Crippen LogP contribution in [0.5, 0.6) is 0 Å². The number of rotatable bonds is 5. The van der Waals surface area contributed by atoms with Crippen LogP contribution in [-0.2, 0) is 11.2 Å². The predicted molar refractivity (Wildman–Crippen MR) is 104 cm³/mol. The van der Waals surface area contributed by atoms with Crippen LogP contribution in [0.25, 0.3) is 10.9 Å². The number of carbonyl (C=O) groups excluding carboxylic acids is 1. The van der Waals surface area contributed by atoms with Crippen LogP contribution in [0.3, 0.4) is 0 Å². The molecule has 2 aromatic heterocycles. The van der Waals surface area contributed by atoms with Gasteiger partial charge in [0.2, 0.25) is 11.8 Å². The third kappa shape index (κ3) is 3.75. The van der Waals surface area contributed by atoms with Gasteiger partial charge in [0.1, 0.15) is 0 Å². The summed E-state index contributed by atoms with van der Waals surface area (Å²) in [5.74, 6) is 2.02. The number of hydrogen-bond donors (Lipinski definition) is 1. The summed E-state index contributed by atoms with van der Waals surface area (Å²) >= 11 is 0. The molecule has 1 fully saturated rings. The van der Waals surface area contributed by atoms with E-state index in [9.17, 15) is 4.79 Å². The van der Waals surface area contributed by atoms with Crippen LogP contribution in [0.2, 0.25) is 0 Å². The predicted octanol–water partition coefficient (Wildman–Crippen LogP) is 4.01. The molecule has 0 bridgehead atoms. The lowest BCUT2D eigenvalue weighted by Gasteiger charge is -2.31. The summed E-state index contributed by atoms with van der Waals surface area (Å²) in [6.07, 6.45) is 5.26. The summed E-state index contributed by atoms with van der Waals surface area (Å²) in [6.45, 7) is 5.59. The number of hydrogen-bond acceptors (Lipinski definition) is 4. The summed E-state index contributed by atoms with van der Waals surface area (Å²) in [4.78, 5) is 22.5. The Labute approximate surface area is 158 Å². The van der Waals surface area contributed by atoms with Crippen molar-refractivity contribution in [1.29, 1.82) is 0 Å². The molecule has 142 valence electrons. The lowest BCUT2D eigenvalue weighted by atomic mass is 9.97. The first-order chi connectivity index (χ1) is 13.1. The molecule has 1 N–H and O–H groups in total. The van der Waals surface area contributed by atoms with Crippen LogP contribution in [0.1, 0.15) is 62.2 Å². The molecule has 0 aliphatic carbocycles. The van der Waals surface area contributed by atoms with Crippen molar-refractivity contribution < 1.29 is 9.32 Å². The zero-order valence-electron chi connectivity index (χ0n) is 15.9. The van der Waals surface area contributed by atoms with Gasteiger partial charge in [-0.3, -0.25) is 4.79 Å². The van der Waals surface area contributed by atoms with Crippen molar-refractivity contribution in [1.82, 2.24) is 20.0 Å². The summed E-state index contributed by atoms with van der Waals surface area (Å²) < 4.78 is 5.46. The Kier molecular flexibility index (Phi) is 4.97. The molecule has 0 spiro atoms. The number of benzene rings is 1. The number of H-pyrrole nitrogens is 1. The highest BCUT2D eigenvalue weighted by Crippen LogP contribution is 2.27. The van der Waals surface area contributed by atoms with E-state index >= 15 is 0 Å². The van der Waals surface area contributed by atoms with Gasteiger partial charge in [-0.15, -0.1) is 0 Å². The van der Waals surface area contributed by atoms with E-state index in [0.717, 1.165) is 37.1 Å². The molecular formula is C21H26N4O2. The maximum absolute atomic E-state index is 12.8. The van der Waals surface area contributed by atoms with Crippen molar-refractivity contribution in [2.45, 2.75) is 51.4 Å². The molecule has 6 nitrogen and oxygen atoms in total. The fraction of sp³-hybridized carbons (Fsp3) is 0.476. The topological polar surface area (TPSA) is 75.0 Å². The fourth-order valence-electron chi connectivity index (χ4n) is 3.79. The Morgan fingerprint density at radius 1 is 1.37 bits per heavy atom. The fourth-order valence-corrected chi connectivity index (χ4v) is 3.79. The van der Waals surface area contributed by atoms with Gasteiger partial charge in [-0.2, -0.15) is 4.98 Å². The Hall–Kier alpha value is -2.63. The maximum atomic E-state index is 12.8. The first-order valence-electron chi connectivity index (χ1n) is 9.78. The molecule has 6 heteroatoms. The number of aryl methyl sites for hydroxylation is 1. The Morgan fingerprint density at radius 2 is 2.22 bits per heavy atom. The third-order valence-corrected chi connectivity index (χ3v) is 5.38. The van der Waals surface area contributed by atoms with Gasteiger partial charge in [-0.05, 0) is 30.9 Å². The molecule has 0 unspecified atom stereocenters. The molecule has 3 heterocycles. The van der Waals surface area contributed by atoms with Gasteiger partial charge >= 0.3 is 0 Å².